The van der Waals surface area contributed by atoms with Crippen LogP contribution in [0.2, 0.25) is 0 Å². The third kappa shape index (κ3) is 3.87. The van der Waals surface area contributed by atoms with Gasteiger partial charge in [-0.15, -0.1) is 11.3 Å². The fourth-order valence-electron chi connectivity index (χ4n) is 1.53. The molecule has 0 bridgehead atoms. The predicted molar refractivity (Wildman–Crippen MR) is 63.9 cm³/mol. The molecule has 90 valence electrons. The van der Waals surface area contributed by atoms with E-state index >= 15 is 0 Å². The van der Waals surface area contributed by atoms with E-state index in [9.17, 15) is 8.78 Å². The van der Waals surface area contributed by atoms with Crippen molar-refractivity contribution >= 4 is 11.3 Å². The second-order valence-corrected chi connectivity index (χ2v) is 4.64. The molecular formula is C12H12F2N2S. The molecule has 0 aliphatic rings. The molecule has 0 radical (unpaired) electrons. The van der Waals surface area contributed by atoms with E-state index in [4.69, 9.17) is 0 Å². The summed E-state index contributed by atoms with van der Waals surface area (Å²) in [6.45, 7) is 1.42. The van der Waals surface area contributed by atoms with Crippen LogP contribution in [0.25, 0.3) is 0 Å². The van der Waals surface area contributed by atoms with Gasteiger partial charge in [0.2, 0.25) is 0 Å². The van der Waals surface area contributed by atoms with E-state index in [1.54, 1.807) is 23.0 Å². The summed E-state index contributed by atoms with van der Waals surface area (Å²) >= 11 is 1.58. The van der Waals surface area contributed by atoms with Gasteiger partial charge in [-0.1, -0.05) is 0 Å². The normalized spacial score (nSPS) is 10.7. The Morgan fingerprint density at radius 1 is 1.18 bits per heavy atom. The van der Waals surface area contributed by atoms with Crippen LogP contribution in [0.15, 0.2) is 29.9 Å². The van der Waals surface area contributed by atoms with Crippen LogP contribution >= 0.6 is 11.3 Å². The average Bonchev–Trinajstić information content (AvgIpc) is 2.76. The number of nitrogens with one attached hydrogen (secondary N) is 1. The van der Waals surface area contributed by atoms with Crippen LogP contribution in [0, 0.1) is 11.6 Å². The second-order valence-electron chi connectivity index (χ2n) is 3.67. The van der Waals surface area contributed by atoms with Crippen LogP contribution in [0.3, 0.4) is 0 Å². The van der Waals surface area contributed by atoms with Crippen molar-refractivity contribution in [3.05, 3.63) is 52.0 Å². The molecule has 2 nitrogen and oxygen atoms in total. The summed E-state index contributed by atoms with van der Waals surface area (Å²) in [6, 6.07) is 3.60. The van der Waals surface area contributed by atoms with Crippen molar-refractivity contribution in [1.82, 2.24) is 10.3 Å². The molecule has 0 aliphatic carbocycles. The third-order valence-electron chi connectivity index (χ3n) is 2.30. The van der Waals surface area contributed by atoms with Crippen molar-refractivity contribution in [2.75, 3.05) is 6.54 Å². The maximum atomic E-state index is 12.9. The minimum absolute atomic E-state index is 0.526. The highest BCUT2D eigenvalue weighted by molar-refractivity contribution is 7.09. The molecule has 0 saturated heterocycles. The summed E-state index contributed by atoms with van der Waals surface area (Å²) < 4.78 is 25.8. The van der Waals surface area contributed by atoms with Crippen LogP contribution in [0.4, 0.5) is 8.78 Å². The van der Waals surface area contributed by atoms with E-state index < -0.39 is 11.6 Å². The molecule has 0 amide bonds. The van der Waals surface area contributed by atoms with E-state index in [2.05, 4.69) is 10.3 Å². The first-order valence-electron chi connectivity index (χ1n) is 5.27. The van der Waals surface area contributed by atoms with Crippen molar-refractivity contribution in [2.24, 2.45) is 0 Å². The maximum absolute atomic E-state index is 12.9. The van der Waals surface area contributed by atoms with Gasteiger partial charge in [0.15, 0.2) is 0 Å². The number of halogens is 2. The van der Waals surface area contributed by atoms with E-state index in [-0.39, 0.29) is 0 Å². The van der Waals surface area contributed by atoms with Gasteiger partial charge >= 0.3 is 0 Å². The second kappa shape index (κ2) is 5.84. The molecule has 0 spiro atoms. The predicted octanol–water partition coefficient (Wildman–Crippen LogP) is 2.75. The summed E-state index contributed by atoms with van der Waals surface area (Å²) in [5, 5.41) is 3.20. The molecule has 2 rings (SSSR count). The molecule has 1 heterocycles. The number of aromatic nitrogens is 1. The number of hydrogen-bond donors (Lipinski definition) is 1. The lowest BCUT2D eigenvalue weighted by Gasteiger charge is -2.04. The van der Waals surface area contributed by atoms with Crippen LogP contribution in [-0.2, 0) is 13.0 Å². The van der Waals surface area contributed by atoms with Crippen LogP contribution in [-0.4, -0.2) is 11.5 Å². The van der Waals surface area contributed by atoms with Crippen molar-refractivity contribution in [3.8, 4) is 0 Å². The van der Waals surface area contributed by atoms with E-state index in [0.29, 0.717) is 18.5 Å². The molecular weight excluding hydrogens is 242 g/mol. The van der Waals surface area contributed by atoms with Gasteiger partial charge < -0.3 is 5.32 Å². The fraction of sp³-hybridized carbons (Fsp3) is 0.250. The lowest BCUT2D eigenvalue weighted by Crippen LogP contribution is -2.16. The van der Waals surface area contributed by atoms with Gasteiger partial charge in [-0.3, -0.25) is 4.98 Å². The van der Waals surface area contributed by atoms with Crippen LogP contribution < -0.4 is 5.32 Å². The van der Waals surface area contributed by atoms with Gasteiger partial charge in [0.05, 0.1) is 5.51 Å². The molecule has 1 N–H and O–H groups in total. The Morgan fingerprint density at radius 3 is 2.59 bits per heavy atom. The third-order valence-corrected chi connectivity index (χ3v) is 3.08. The average molecular weight is 254 g/mol. The zero-order chi connectivity index (χ0) is 12.1. The Hall–Kier alpha value is -1.33. The molecule has 0 atom stereocenters. The van der Waals surface area contributed by atoms with Gasteiger partial charge in [0.1, 0.15) is 11.6 Å². The Kier molecular flexibility index (Phi) is 4.17. The number of rotatable bonds is 5. The first-order valence-corrected chi connectivity index (χ1v) is 6.15. The topological polar surface area (TPSA) is 24.9 Å². The number of nitrogens with zero attached hydrogens (tertiary/aromatic N) is 1. The molecule has 0 saturated carbocycles. The highest BCUT2D eigenvalue weighted by Gasteiger charge is 2.00. The van der Waals surface area contributed by atoms with Gasteiger partial charge in [-0.25, -0.2) is 8.78 Å². The van der Waals surface area contributed by atoms with E-state index in [1.165, 1.54) is 12.1 Å². The summed E-state index contributed by atoms with van der Waals surface area (Å²) in [7, 11) is 0. The Balaban J connectivity index is 1.78. The van der Waals surface area contributed by atoms with E-state index in [1.807, 2.05) is 0 Å². The lowest BCUT2D eigenvalue weighted by atomic mass is 10.1. The molecule has 1 aromatic heterocycles. The quantitative estimate of drug-likeness (QED) is 0.830. The first-order chi connectivity index (χ1) is 8.24. The summed E-state index contributed by atoms with van der Waals surface area (Å²) in [5.74, 6) is -1.05. The molecule has 5 heteroatoms. The number of thiazole rings is 1. The monoisotopic (exact) mass is 254 g/mol. The van der Waals surface area contributed by atoms with Gasteiger partial charge in [0, 0.05) is 23.7 Å². The Bertz CT molecular complexity index is 451. The molecule has 17 heavy (non-hydrogen) atoms. The molecule has 0 unspecified atom stereocenters. The largest absolute Gasteiger partial charge is 0.311 e. The standard InChI is InChI=1S/C12H12F2N2S/c13-10-3-9(4-11(14)5-10)1-2-15-6-12-7-16-8-17-12/h3-5,7-8,15H,1-2,6H2. The van der Waals surface area contributed by atoms with Crippen molar-refractivity contribution in [3.63, 3.8) is 0 Å². The van der Waals surface area contributed by atoms with E-state index in [0.717, 1.165) is 17.5 Å². The van der Waals surface area contributed by atoms with Crippen molar-refractivity contribution < 1.29 is 8.78 Å². The van der Waals surface area contributed by atoms with Crippen LogP contribution in [0.1, 0.15) is 10.4 Å². The minimum atomic E-state index is -0.526. The Morgan fingerprint density at radius 2 is 1.94 bits per heavy atom. The summed E-state index contributed by atoms with van der Waals surface area (Å²) in [5.41, 5.74) is 2.44. The number of benzene rings is 1. The lowest BCUT2D eigenvalue weighted by molar-refractivity contribution is 0.577. The maximum Gasteiger partial charge on any atom is 0.126 e. The highest BCUT2D eigenvalue weighted by Crippen LogP contribution is 2.08. The molecule has 1 aromatic carbocycles. The first kappa shape index (κ1) is 12.1. The molecule has 0 fully saturated rings. The zero-order valence-electron chi connectivity index (χ0n) is 9.12. The van der Waals surface area contributed by atoms with Crippen molar-refractivity contribution in [2.45, 2.75) is 13.0 Å². The Labute approximate surface area is 102 Å². The van der Waals surface area contributed by atoms with Gasteiger partial charge in [-0.05, 0) is 30.7 Å². The zero-order valence-corrected chi connectivity index (χ0v) is 9.94. The van der Waals surface area contributed by atoms with Gasteiger partial charge in [0.25, 0.3) is 0 Å². The highest BCUT2D eigenvalue weighted by atomic mass is 32.1. The smallest absolute Gasteiger partial charge is 0.126 e. The molecule has 2 aromatic rings. The molecule has 0 aliphatic heterocycles. The van der Waals surface area contributed by atoms with Crippen molar-refractivity contribution in [1.29, 1.82) is 0 Å². The SMILES string of the molecule is Fc1cc(F)cc(CCNCc2cncs2)c1. The fourth-order valence-corrected chi connectivity index (χ4v) is 2.09. The summed E-state index contributed by atoms with van der Waals surface area (Å²) in [4.78, 5) is 5.11. The summed E-state index contributed by atoms with van der Waals surface area (Å²) in [6.07, 6.45) is 2.41. The number of hydrogen-bond acceptors (Lipinski definition) is 3. The van der Waals surface area contributed by atoms with Crippen LogP contribution in [0.5, 0.6) is 0 Å². The van der Waals surface area contributed by atoms with Gasteiger partial charge in [-0.2, -0.15) is 0 Å². The minimum Gasteiger partial charge on any atom is -0.311 e.